The first-order chi connectivity index (χ1) is 7.78. The van der Waals surface area contributed by atoms with Gasteiger partial charge in [-0.05, 0) is 19.1 Å². The van der Waals surface area contributed by atoms with Crippen molar-refractivity contribution < 1.29 is 0 Å². The summed E-state index contributed by atoms with van der Waals surface area (Å²) >= 11 is 1.80. The molecule has 84 valence electrons. The van der Waals surface area contributed by atoms with Crippen LogP contribution in [0.3, 0.4) is 0 Å². The standard InChI is InChI=1S/C11H14N4S/c1-8-3-4-9(16-8)6-13-11-5-10(12-2)14-7-15-11/h3-5,7H,6H2,1-2H3,(H2,12,13,14,15). The molecule has 0 spiro atoms. The van der Waals surface area contributed by atoms with Crippen molar-refractivity contribution in [2.45, 2.75) is 13.5 Å². The summed E-state index contributed by atoms with van der Waals surface area (Å²) < 4.78 is 0. The summed E-state index contributed by atoms with van der Waals surface area (Å²) in [6, 6.07) is 6.15. The molecule has 0 aromatic carbocycles. The molecule has 2 aromatic rings. The zero-order chi connectivity index (χ0) is 11.4. The molecule has 0 aliphatic rings. The molecule has 4 nitrogen and oxygen atoms in total. The topological polar surface area (TPSA) is 49.8 Å². The molecule has 0 aliphatic heterocycles. The second-order valence-corrected chi connectivity index (χ2v) is 4.78. The van der Waals surface area contributed by atoms with Gasteiger partial charge in [0.1, 0.15) is 18.0 Å². The zero-order valence-electron chi connectivity index (χ0n) is 9.32. The van der Waals surface area contributed by atoms with Crippen LogP contribution in [0.5, 0.6) is 0 Å². The molecular formula is C11H14N4S. The highest BCUT2D eigenvalue weighted by Gasteiger charge is 1.99. The van der Waals surface area contributed by atoms with E-state index in [0.717, 1.165) is 18.2 Å². The predicted molar refractivity (Wildman–Crippen MR) is 68.0 cm³/mol. The number of anilines is 2. The number of hydrogen-bond donors (Lipinski definition) is 2. The van der Waals surface area contributed by atoms with Gasteiger partial charge in [0.25, 0.3) is 0 Å². The van der Waals surface area contributed by atoms with Crippen LogP contribution >= 0.6 is 11.3 Å². The first-order valence-corrected chi connectivity index (χ1v) is 5.88. The smallest absolute Gasteiger partial charge is 0.131 e. The third-order valence-electron chi connectivity index (χ3n) is 2.16. The molecule has 0 fully saturated rings. The Bertz CT molecular complexity index is 467. The number of aryl methyl sites for hydroxylation is 1. The molecule has 2 heterocycles. The van der Waals surface area contributed by atoms with Crippen molar-refractivity contribution in [2.75, 3.05) is 17.7 Å². The highest BCUT2D eigenvalue weighted by molar-refractivity contribution is 7.11. The normalized spacial score (nSPS) is 10.1. The highest BCUT2D eigenvalue weighted by atomic mass is 32.1. The Kier molecular flexibility index (Phi) is 3.36. The number of aromatic nitrogens is 2. The van der Waals surface area contributed by atoms with Gasteiger partial charge in [-0.15, -0.1) is 11.3 Å². The van der Waals surface area contributed by atoms with Crippen LogP contribution in [0.1, 0.15) is 9.75 Å². The van der Waals surface area contributed by atoms with Crippen molar-refractivity contribution in [1.82, 2.24) is 9.97 Å². The molecule has 16 heavy (non-hydrogen) atoms. The molecule has 2 aromatic heterocycles. The maximum atomic E-state index is 4.15. The van der Waals surface area contributed by atoms with Gasteiger partial charge in [0, 0.05) is 22.9 Å². The van der Waals surface area contributed by atoms with E-state index in [2.05, 4.69) is 39.7 Å². The van der Waals surface area contributed by atoms with E-state index in [1.807, 2.05) is 13.1 Å². The fourth-order valence-corrected chi connectivity index (χ4v) is 2.18. The SMILES string of the molecule is CNc1cc(NCc2ccc(C)s2)ncn1. The Hall–Kier alpha value is -1.62. The Labute approximate surface area is 98.8 Å². The van der Waals surface area contributed by atoms with Crippen LogP contribution in [0, 0.1) is 6.92 Å². The van der Waals surface area contributed by atoms with Gasteiger partial charge in [-0.1, -0.05) is 0 Å². The van der Waals surface area contributed by atoms with E-state index in [1.54, 1.807) is 17.7 Å². The van der Waals surface area contributed by atoms with Gasteiger partial charge >= 0.3 is 0 Å². The molecule has 0 unspecified atom stereocenters. The number of hydrogen-bond acceptors (Lipinski definition) is 5. The molecule has 0 saturated carbocycles. The number of nitrogens with zero attached hydrogens (tertiary/aromatic N) is 2. The molecule has 0 aliphatic carbocycles. The molecule has 0 saturated heterocycles. The zero-order valence-corrected chi connectivity index (χ0v) is 10.1. The van der Waals surface area contributed by atoms with E-state index in [1.165, 1.54) is 9.75 Å². The maximum Gasteiger partial charge on any atom is 0.131 e. The van der Waals surface area contributed by atoms with Gasteiger partial charge in [0.2, 0.25) is 0 Å². The highest BCUT2D eigenvalue weighted by Crippen LogP contribution is 2.16. The number of nitrogens with one attached hydrogen (secondary N) is 2. The minimum atomic E-state index is 0.804. The maximum absolute atomic E-state index is 4.15. The van der Waals surface area contributed by atoms with Gasteiger partial charge in [-0.3, -0.25) is 0 Å². The van der Waals surface area contributed by atoms with E-state index in [9.17, 15) is 0 Å². The molecule has 5 heteroatoms. The lowest BCUT2D eigenvalue weighted by Gasteiger charge is -2.05. The van der Waals surface area contributed by atoms with Gasteiger partial charge in [-0.25, -0.2) is 9.97 Å². The van der Waals surface area contributed by atoms with E-state index in [4.69, 9.17) is 0 Å². The second kappa shape index (κ2) is 4.94. The Morgan fingerprint density at radius 1 is 1.25 bits per heavy atom. The number of thiophene rings is 1. The van der Waals surface area contributed by atoms with Crippen LogP contribution in [0.2, 0.25) is 0 Å². The summed E-state index contributed by atoms with van der Waals surface area (Å²) in [6.45, 7) is 2.91. The van der Waals surface area contributed by atoms with Crippen molar-refractivity contribution in [1.29, 1.82) is 0 Å². The summed E-state index contributed by atoms with van der Waals surface area (Å²) in [4.78, 5) is 10.8. The van der Waals surface area contributed by atoms with Crippen LogP contribution in [0.4, 0.5) is 11.6 Å². The molecule has 0 radical (unpaired) electrons. The fourth-order valence-electron chi connectivity index (χ4n) is 1.35. The molecule has 0 atom stereocenters. The van der Waals surface area contributed by atoms with Crippen molar-refractivity contribution in [3.8, 4) is 0 Å². The quantitative estimate of drug-likeness (QED) is 0.853. The van der Waals surface area contributed by atoms with Gasteiger partial charge in [-0.2, -0.15) is 0 Å². The van der Waals surface area contributed by atoms with Crippen molar-refractivity contribution in [2.24, 2.45) is 0 Å². The summed E-state index contributed by atoms with van der Waals surface area (Å²) in [5.74, 6) is 1.66. The average Bonchev–Trinajstić information content (AvgIpc) is 2.73. The molecular weight excluding hydrogens is 220 g/mol. The van der Waals surface area contributed by atoms with Crippen LogP contribution in [-0.2, 0) is 6.54 Å². The predicted octanol–water partition coefficient (Wildman–Crippen LogP) is 2.50. The minimum Gasteiger partial charge on any atom is -0.373 e. The first kappa shape index (κ1) is 10.9. The van der Waals surface area contributed by atoms with Crippen LogP contribution in [-0.4, -0.2) is 17.0 Å². The van der Waals surface area contributed by atoms with E-state index >= 15 is 0 Å². The van der Waals surface area contributed by atoms with Gasteiger partial charge in [0.05, 0.1) is 6.54 Å². The van der Waals surface area contributed by atoms with Crippen molar-refractivity contribution >= 4 is 23.0 Å². The molecule has 2 rings (SSSR count). The molecule has 2 N–H and O–H groups in total. The monoisotopic (exact) mass is 234 g/mol. The van der Waals surface area contributed by atoms with Crippen molar-refractivity contribution in [3.05, 3.63) is 34.3 Å². The lowest BCUT2D eigenvalue weighted by atomic mass is 10.4. The lowest BCUT2D eigenvalue weighted by Crippen LogP contribution is -2.01. The Balaban J connectivity index is 1.99. The summed E-state index contributed by atoms with van der Waals surface area (Å²) in [7, 11) is 1.84. The fraction of sp³-hybridized carbons (Fsp3) is 0.273. The van der Waals surface area contributed by atoms with E-state index in [0.29, 0.717) is 0 Å². The Morgan fingerprint density at radius 2 is 2.06 bits per heavy atom. The lowest BCUT2D eigenvalue weighted by molar-refractivity contribution is 1.10. The largest absolute Gasteiger partial charge is 0.373 e. The van der Waals surface area contributed by atoms with Crippen LogP contribution < -0.4 is 10.6 Å². The summed E-state index contributed by atoms with van der Waals surface area (Å²) in [5.41, 5.74) is 0. The third-order valence-corrected chi connectivity index (χ3v) is 3.16. The first-order valence-electron chi connectivity index (χ1n) is 5.07. The summed E-state index contributed by atoms with van der Waals surface area (Å²) in [5, 5.41) is 6.25. The molecule has 0 amide bonds. The average molecular weight is 234 g/mol. The van der Waals surface area contributed by atoms with Crippen LogP contribution in [0.15, 0.2) is 24.5 Å². The van der Waals surface area contributed by atoms with Crippen LogP contribution in [0.25, 0.3) is 0 Å². The van der Waals surface area contributed by atoms with Gasteiger partial charge < -0.3 is 10.6 Å². The van der Waals surface area contributed by atoms with E-state index in [-0.39, 0.29) is 0 Å². The van der Waals surface area contributed by atoms with E-state index < -0.39 is 0 Å². The minimum absolute atomic E-state index is 0.804. The van der Waals surface area contributed by atoms with Crippen molar-refractivity contribution in [3.63, 3.8) is 0 Å². The number of rotatable bonds is 4. The Morgan fingerprint density at radius 3 is 2.75 bits per heavy atom. The summed E-state index contributed by atoms with van der Waals surface area (Å²) in [6.07, 6.45) is 1.55. The third kappa shape index (κ3) is 2.70. The second-order valence-electron chi connectivity index (χ2n) is 3.40. The molecule has 0 bridgehead atoms. The van der Waals surface area contributed by atoms with Gasteiger partial charge in [0.15, 0.2) is 0 Å².